The van der Waals surface area contributed by atoms with Gasteiger partial charge in [-0.3, -0.25) is 0 Å². The maximum absolute atomic E-state index is 12.7. The molecule has 0 bridgehead atoms. The van der Waals surface area contributed by atoms with Gasteiger partial charge in [-0.1, -0.05) is 36.8 Å². The number of nitrogens with zero attached hydrogens (tertiary/aromatic N) is 1. The third-order valence-electron chi connectivity index (χ3n) is 3.89. The van der Waals surface area contributed by atoms with E-state index < -0.39 is 10.0 Å². The lowest BCUT2D eigenvalue weighted by atomic mass is 10.1. The number of nitrogens with two attached hydrogens (primary N) is 1. The van der Waals surface area contributed by atoms with Gasteiger partial charge >= 0.3 is 0 Å². The monoisotopic (exact) mass is 306 g/mol. The number of hydrogen-bond acceptors (Lipinski definition) is 3. The van der Waals surface area contributed by atoms with E-state index in [-0.39, 0.29) is 11.4 Å². The number of rotatable bonds is 4. The average Bonchev–Trinajstić information content (AvgIpc) is 2.98. The van der Waals surface area contributed by atoms with E-state index in [1.807, 2.05) is 0 Å². The minimum Gasteiger partial charge on any atom is -0.320 e. The van der Waals surface area contributed by atoms with E-state index in [2.05, 4.69) is 11.8 Å². The predicted molar refractivity (Wildman–Crippen MR) is 84.1 cm³/mol. The largest absolute Gasteiger partial charge is 0.320 e. The van der Waals surface area contributed by atoms with Gasteiger partial charge in [0.05, 0.1) is 11.4 Å². The van der Waals surface area contributed by atoms with E-state index in [0.717, 1.165) is 12.8 Å². The Morgan fingerprint density at radius 3 is 2.62 bits per heavy atom. The van der Waals surface area contributed by atoms with Crippen LogP contribution in [-0.2, 0) is 10.0 Å². The van der Waals surface area contributed by atoms with E-state index in [9.17, 15) is 8.42 Å². The van der Waals surface area contributed by atoms with Crippen molar-refractivity contribution in [3.05, 3.63) is 29.8 Å². The molecule has 1 aliphatic rings. The van der Waals surface area contributed by atoms with Crippen LogP contribution >= 0.6 is 0 Å². The molecule has 0 saturated heterocycles. The lowest BCUT2D eigenvalue weighted by Crippen LogP contribution is -2.31. The highest BCUT2D eigenvalue weighted by atomic mass is 32.2. The Bertz CT molecular complexity index is 638. The summed E-state index contributed by atoms with van der Waals surface area (Å²) in [6.45, 7) is 0.799. The van der Waals surface area contributed by atoms with E-state index >= 15 is 0 Å². The molecular weight excluding hydrogens is 284 g/mol. The van der Waals surface area contributed by atoms with Gasteiger partial charge in [0.1, 0.15) is 0 Å². The van der Waals surface area contributed by atoms with Crippen LogP contribution in [-0.4, -0.2) is 32.9 Å². The van der Waals surface area contributed by atoms with Crippen LogP contribution in [0.15, 0.2) is 29.2 Å². The second-order valence-electron chi connectivity index (χ2n) is 5.44. The fourth-order valence-electron chi connectivity index (χ4n) is 2.76. The Balaban J connectivity index is 2.26. The minimum atomic E-state index is -3.50. The van der Waals surface area contributed by atoms with Crippen LogP contribution in [0.5, 0.6) is 0 Å². The molecular formula is C16H22N2O2S. The molecule has 0 amide bonds. The second-order valence-corrected chi connectivity index (χ2v) is 7.45. The molecule has 1 aromatic carbocycles. The van der Waals surface area contributed by atoms with Gasteiger partial charge in [0.15, 0.2) is 0 Å². The highest BCUT2D eigenvalue weighted by molar-refractivity contribution is 7.89. The third kappa shape index (κ3) is 3.85. The van der Waals surface area contributed by atoms with Crippen LogP contribution in [0.2, 0.25) is 0 Å². The van der Waals surface area contributed by atoms with Gasteiger partial charge in [0, 0.05) is 19.2 Å². The summed E-state index contributed by atoms with van der Waals surface area (Å²) in [4.78, 5) is 0.270. The smallest absolute Gasteiger partial charge is 0.244 e. The molecule has 1 saturated carbocycles. The number of benzene rings is 1. The summed E-state index contributed by atoms with van der Waals surface area (Å²) in [5, 5.41) is 0. The Morgan fingerprint density at radius 1 is 1.29 bits per heavy atom. The molecule has 1 aliphatic carbocycles. The van der Waals surface area contributed by atoms with Gasteiger partial charge in [0.2, 0.25) is 10.0 Å². The summed E-state index contributed by atoms with van der Waals surface area (Å²) in [7, 11) is -1.84. The molecule has 0 aromatic heterocycles. The lowest BCUT2D eigenvalue weighted by Gasteiger charge is -2.21. The molecule has 1 fully saturated rings. The van der Waals surface area contributed by atoms with Crippen LogP contribution in [0.3, 0.4) is 0 Å². The zero-order chi connectivity index (χ0) is 15.3. The Labute approximate surface area is 127 Å². The molecule has 0 spiro atoms. The van der Waals surface area contributed by atoms with Crippen LogP contribution < -0.4 is 5.73 Å². The van der Waals surface area contributed by atoms with E-state index in [4.69, 9.17) is 5.73 Å². The molecule has 5 heteroatoms. The van der Waals surface area contributed by atoms with Crippen molar-refractivity contribution >= 4 is 10.0 Å². The van der Waals surface area contributed by atoms with Crippen molar-refractivity contribution in [2.75, 3.05) is 20.1 Å². The van der Waals surface area contributed by atoms with Crippen molar-refractivity contribution in [1.29, 1.82) is 0 Å². The van der Waals surface area contributed by atoms with Crippen molar-refractivity contribution in [3.8, 4) is 11.8 Å². The lowest BCUT2D eigenvalue weighted by molar-refractivity contribution is 0.387. The maximum atomic E-state index is 12.7. The van der Waals surface area contributed by atoms with Gasteiger partial charge in [-0.25, -0.2) is 12.7 Å². The van der Waals surface area contributed by atoms with Crippen LogP contribution in [0.4, 0.5) is 0 Å². The minimum absolute atomic E-state index is 0.215. The van der Waals surface area contributed by atoms with Gasteiger partial charge in [0.25, 0.3) is 0 Å². The van der Waals surface area contributed by atoms with Crippen molar-refractivity contribution in [2.24, 2.45) is 11.7 Å². The van der Waals surface area contributed by atoms with Crippen molar-refractivity contribution in [2.45, 2.75) is 30.6 Å². The molecule has 0 radical (unpaired) electrons. The van der Waals surface area contributed by atoms with E-state index in [1.165, 1.54) is 17.1 Å². The first kappa shape index (κ1) is 16.0. The van der Waals surface area contributed by atoms with Crippen LogP contribution in [0.25, 0.3) is 0 Å². The SMILES string of the molecule is CN(CC1CCCC1)S(=O)(=O)c1ccccc1C#CCN. The van der Waals surface area contributed by atoms with Gasteiger partial charge < -0.3 is 5.73 Å². The number of hydrogen-bond donors (Lipinski definition) is 1. The summed E-state index contributed by atoms with van der Waals surface area (Å²) in [5.74, 6) is 6.05. The van der Waals surface area contributed by atoms with Crippen LogP contribution in [0.1, 0.15) is 31.2 Å². The molecule has 1 aromatic rings. The maximum Gasteiger partial charge on any atom is 0.244 e. The van der Waals surface area contributed by atoms with Gasteiger partial charge in [-0.2, -0.15) is 0 Å². The topological polar surface area (TPSA) is 63.4 Å². The zero-order valence-corrected chi connectivity index (χ0v) is 13.2. The second kappa shape index (κ2) is 7.08. The first-order valence-corrected chi connectivity index (χ1v) is 8.74. The molecule has 4 nitrogen and oxygen atoms in total. The van der Waals surface area contributed by atoms with Crippen molar-refractivity contribution in [1.82, 2.24) is 4.31 Å². The quantitative estimate of drug-likeness (QED) is 0.863. The summed E-state index contributed by atoms with van der Waals surface area (Å²) >= 11 is 0. The molecule has 21 heavy (non-hydrogen) atoms. The highest BCUT2D eigenvalue weighted by Crippen LogP contribution is 2.27. The van der Waals surface area contributed by atoms with Gasteiger partial charge in [-0.15, -0.1) is 0 Å². The van der Waals surface area contributed by atoms with Crippen molar-refractivity contribution in [3.63, 3.8) is 0 Å². The normalized spacial score (nSPS) is 16.0. The molecule has 0 heterocycles. The Hall–Kier alpha value is -1.35. The zero-order valence-electron chi connectivity index (χ0n) is 12.4. The third-order valence-corrected chi connectivity index (χ3v) is 5.77. The summed E-state index contributed by atoms with van der Waals surface area (Å²) in [6, 6.07) is 6.85. The molecule has 0 atom stereocenters. The highest BCUT2D eigenvalue weighted by Gasteiger charge is 2.26. The summed E-state index contributed by atoms with van der Waals surface area (Å²) in [5.41, 5.74) is 5.89. The van der Waals surface area contributed by atoms with Crippen molar-refractivity contribution < 1.29 is 8.42 Å². The molecule has 2 N–H and O–H groups in total. The fraction of sp³-hybridized carbons (Fsp3) is 0.500. The van der Waals surface area contributed by atoms with Crippen LogP contribution in [0, 0.1) is 17.8 Å². The first-order chi connectivity index (χ1) is 10.1. The molecule has 0 unspecified atom stereocenters. The molecule has 114 valence electrons. The van der Waals surface area contributed by atoms with E-state index in [0.29, 0.717) is 18.0 Å². The number of sulfonamides is 1. The predicted octanol–water partition coefficient (Wildman–Crippen LogP) is 1.81. The standard InChI is InChI=1S/C16H22N2O2S/c1-18(13-14-7-2-3-8-14)21(19,20)16-11-5-4-9-15(16)10-6-12-17/h4-5,9,11,14H,2-3,7-8,12-13,17H2,1H3. The molecule has 0 aliphatic heterocycles. The van der Waals surface area contributed by atoms with Gasteiger partial charge in [-0.05, 0) is 30.9 Å². The Morgan fingerprint density at radius 2 is 1.95 bits per heavy atom. The fourth-order valence-corrected chi connectivity index (χ4v) is 4.15. The first-order valence-electron chi connectivity index (χ1n) is 7.30. The van der Waals surface area contributed by atoms with E-state index in [1.54, 1.807) is 31.3 Å². The Kier molecular flexibility index (Phi) is 5.40. The average molecular weight is 306 g/mol. The summed E-state index contributed by atoms with van der Waals surface area (Å²) in [6.07, 6.45) is 4.65. The summed E-state index contributed by atoms with van der Waals surface area (Å²) < 4.78 is 26.9. The molecule has 2 rings (SSSR count).